The maximum absolute atomic E-state index is 12.4. The lowest BCUT2D eigenvalue weighted by atomic mass is 10.3. The molecule has 0 saturated carbocycles. The summed E-state index contributed by atoms with van der Waals surface area (Å²) in [6.45, 7) is 0. The van der Waals surface area contributed by atoms with Crippen molar-refractivity contribution in [2.24, 2.45) is 0 Å². The van der Waals surface area contributed by atoms with E-state index >= 15 is 0 Å². The summed E-state index contributed by atoms with van der Waals surface area (Å²) >= 11 is 5.33. The molecule has 0 fully saturated rings. The summed E-state index contributed by atoms with van der Waals surface area (Å²) in [6.07, 6.45) is -2.82. The SMILES string of the molecule is O=[N+]([O-])c1cnc(C(F)F)c(Cl)c1S(=O)(=O)Cl. The van der Waals surface area contributed by atoms with Crippen LogP contribution < -0.4 is 0 Å². The minimum atomic E-state index is -4.64. The van der Waals surface area contributed by atoms with E-state index in [0.29, 0.717) is 6.20 Å². The molecular formula is C6H2Cl2F2N2O4S. The lowest BCUT2D eigenvalue weighted by Gasteiger charge is -2.05. The van der Waals surface area contributed by atoms with Crippen LogP contribution in [-0.2, 0) is 9.05 Å². The van der Waals surface area contributed by atoms with Crippen molar-refractivity contribution < 1.29 is 22.1 Å². The summed E-state index contributed by atoms with van der Waals surface area (Å²) in [4.78, 5) is 11.2. The van der Waals surface area contributed by atoms with Crippen LogP contribution in [0.15, 0.2) is 11.1 Å². The van der Waals surface area contributed by atoms with Gasteiger partial charge in [0.15, 0.2) is 4.90 Å². The Bertz CT molecular complexity index is 578. The van der Waals surface area contributed by atoms with Gasteiger partial charge in [0.2, 0.25) is 0 Å². The Labute approximate surface area is 103 Å². The molecule has 0 radical (unpaired) electrons. The van der Waals surface area contributed by atoms with Crippen molar-refractivity contribution in [1.82, 2.24) is 4.98 Å². The first kappa shape index (κ1) is 14.0. The molecule has 0 N–H and O–H groups in total. The number of hydrogen-bond acceptors (Lipinski definition) is 5. The zero-order valence-corrected chi connectivity index (χ0v) is 9.93. The van der Waals surface area contributed by atoms with E-state index < -0.39 is 41.7 Å². The summed E-state index contributed by atoms with van der Waals surface area (Å²) in [5.41, 5.74) is -2.15. The van der Waals surface area contributed by atoms with Crippen LogP contribution in [0.2, 0.25) is 5.02 Å². The highest BCUT2D eigenvalue weighted by molar-refractivity contribution is 8.14. The van der Waals surface area contributed by atoms with E-state index in [0.717, 1.165) is 0 Å². The van der Waals surface area contributed by atoms with Crippen LogP contribution in [0, 0.1) is 10.1 Å². The van der Waals surface area contributed by atoms with E-state index in [2.05, 4.69) is 4.98 Å². The number of aromatic nitrogens is 1. The molecular weight excluding hydrogens is 305 g/mol. The van der Waals surface area contributed by atoms with Crippen molar-refractivity contribution in [3.05, 3.63) is 27.0 Å². The second kappa shape index (κ2) is 4.67. The van der Waals surface area contributed by atoms with Gasteiger partial charge in [0, 0.05) is 10.7 Å². The average molecular weight is 307 g/mol. The molecule has 0 spiro atoms. The predicted octanol–water partition coefficient (Wildman–Crippen LogP) is 2.51. The smallest absolute Gasteiger partial charge is 0.258 e. The van der Waals surface area contributed by atoms with E-state index in [1.807, 2.05) is 0 Å². The van der Waals surface area contributed by atoms with Gasteiger partial charge in [0.1, 0.15) is 11.9 Å². The van der Waals surface area contributed by atoms with Crippen molar-refractivity contribution in [1.29, 1.82) is 0 Å². The third kappa shape index (κ3) is 2.79. The van der Waals surface area contributed by atoms with E-state index in [-0.39, 0.29) is 0 Å². The van der Waals surface area contributed by atoms with Gasteiger partial charge in [-0.3, -0.25) is 10.1 Å². The monoisotopic (exact) mass is 306 g/mol. The van der Waals surface area contributed by atoms with Gasteiger partial charge in [-0.05, 0) is 0 Å². The van der Waals surface area contributed by atoms with Crippen LogP contribution in [0.1, 0.15) is 12.1 Å². The van der Waals surface area contributed by atoms with Crippen molar-refractivity contribution in [2.75, 3.05) is 0 Å². The molecule has 94 valence electrons. The summed E-state index contributed by atoms with van der Waals surface area (Å²) < 4.78 is 46.9. The highest BCUT2D eigenvalue weighted by atomic mass is 35.7. The molecule has 1 rings (SSSR count). The van der Waals surface area contributed by atoms with Gasteiger partial charge in [-0.2, -0.15) is 0 Å². The number of nitrogens with zero attached hydrogens (tertiary/aromatic N) is 2. The van der Waals surface area contributed by atoms with Crippen molar-refractivity contribution in [2.45, 2.75) is 11.3 Å². The standard InChI is InChI=1S/C6H2Cl2F2N2O4S/c7-3-4(6(9)10)11-1-2(12(13)14)5(3)17(8,15)16/h1,6H. The first-order valence-electron chi connectivity index (χ1n) is 3.72. The largest absolute Gasteiger partial charge is 0.308 e. The van der Waals surface area contributed by atoms with Crippen molar-refractivity contribution >= 4 is 37.0 Å². The molecule has 0 amide bonds. The maximum Gasteiger partial charge on any atom is 0.308 e. The molecule has 11 heteroatoms. The summed E-state index contributed by atoms with van der Waals surface area (Å²) in [7, 11) is 0.260. The molecule has 0 aliphatic carbocycles. The van der Waals surface area contributed by atoms with Gasteiger partial charge in [-0.1, -0.05) is 11.6 Å². The Morgan fingerprint density at radius 3 is 2.35 bits per heavy atom. The molecule has 0 aliphatic rings. The molecule has 6 nitrogen and oxygen atoms in total. The van der Waals surface area contributed by atoms with E-state index in [9.17, 15) is 27.3 Å². The molecule has 0 aliphatic heterocycles. The zero-order chi connectivity index (χ0) is 13.4. The lowest BCUT2D eigenvalue weighted by Crippen LogP contribution is -2.04. The Balaban J connectivity index is 3.72. The Morgan fingerprint density at radius 2 is 2.00 bits per heavy atom. The maximum atomic E-state index is 12.4. The minimum absolute atomic E-state index is 0.364. The lowest BCUT2D eigenvalue weighted by molar-refractivity contribution is -0.388. The number of rotatable bonds is 3. The Kier molecular flexibility index (Phi) is 3.84. The van der Waals surface area contributed by atoms with Crippen molar-refractivity contribution in [3.63, 3.8) is 0 Å². The van der Waals surface area contributed by atoms with E-state index in [1.54, 1.807) is 0 Å². The van der Waals surface area contributed by atoms with Crippen LogP contribution in [0.4, 0.5) is 14.5 Å². The van der Waals surface area contributed by atoms with Gasteiger partial charge in [-0.15, -0.1) is 0 Å². The molecule has 17 heavy (non-hydrogen) atoms. The second-order valence-corrected chi connectivity index (χ2v) is 5.55. The van der Waals surface area contributed by atoms with Crippen LogP contribution in [0.25, 0.3) is 0 Å². The molecule has 0 saturated heterocycles. The van der Waals surface area contributed by atoms with Gasteiger partial charge < -0.3 is 0 Å². The van der Waals surface area contributed by atoms with Crippen LogP contribution >= 0.6 is 22.3 Å². The molecule has 0 bridgehead atoms. The van der Waals surface area contributed by atoms with Crippen LogP contribution in [-0.4, -0.2) is 18.3 Å². The average Bonchev–Trinajstić information content (AvgIpc) is 2.14. The molecule has 1 aromatic heterocycles. The van der Waals surface area contributed by atoms with E-state index in [1.165, 1.54) is 0 Å². The topological polar surface area (TPSA) is 90.2 Å². The second-order valence-electron chi connectivity index (χ2n) is 2.67. The van der Waals surface area contributed by atoms with Gasteiger partial charge in [0.05, 0.1) is 9.95 Å². The summed E-state index contributed by atoms with van der Waals surface area (Å²) in [6, 6.07) is 0. The van der Waals surface area contributed by atoms with Gasteiger partial charge >= 0.3 is 5.69 Å². The number of pyridine rings is 1. The van der Waals surface area contributed by atoms with Crippen molar-refractivity contribution in [3.8, 4) is 0 Å². The first-order valence-corrected chi connectivity index (χ1v) is 6.40. The Morgan fingerprint density at radius 1 is 1.47 bits per heavy atom. The van der Waals surface area contributed by atoms with Gasteiger partial charge in [-0.25, -0.2) is 22.2 Å². The minimum Gasteiger partial charge on any atom is -0.258 e. The zero-order valence-electron chi connectivity index (χ0n) is 7.60. The highest BCUT2D eigenvalue weighted by Crippen LogP contribution is 2.37. The number of alkyl halides is 2. The predicted molar refractivity (Wildman–Crippen MR) is 53.9 cm³/mol. The fourth-order valence-corrected chi connectivity index (χ4v) is 2.80. The Hall–Kier alpha value is -1.06. The third-order valence-electron chi connectivity index (χ3n) is 1.63. The third-order valence-corrected chi connectivity index (χ3v) is 3.49. The normalized spacial score (nSPS) is 11.8. The number of hydrogen-bond donors (Lipinski definition) is 0. The summed E-state index contributed by atoms with van der Waals surface area (Å²) in [5.74, 6) is 0. The molecule has 1 heterocycles. The van der Waals surface area contributed by atoms with Crippen LogP contribution in [0.3, 0.4) is 0 Å². The quantitative estimate of drug-likeness (QED) is 0.486. The molecule has 0 aromatic carbocycles. The molecule has 0 unspecified atom stereocenters. The fraction of sp³-hybridized carbons (Fsp3) is 0.167. The molecule has 1 aromatic rings. The van der Waals surface area contributed by atoms with Crippen LogP contribution in [0.5, 0.6) is 0 Å². The fourth-order valence-electron chi connectivity index (χ4n) is 0.989. The summed E-state index contributed by atoms with van der Waals surface area (Å²) in [5, 5.41) is 9.45. The number of nitro groups is 1. The van der Waals surface area contributed by atoms with E-state index in [4.69, 9.17) is 22.3 Å². The van der Waals surface area contributed by atoms with Gasteiger partial charge in [0.25, 0.3) is 15.5 Å². The molecule has 0 atom stereocenters. The first-order chi connectivity index (χ1) is 7.66. The number of halogens is 4. The highest BCUT2D eigenvalue weighted by Gasteiger charge is 2.32.